The fourth-order valence-electron chi connectivity index (χ4n) is 5.43. The number of nitrogens with zero attached hydrogens (tertiary/aromatic N) is 1. The standard InChI is InChI=1S/C27H38NO4/c1-18(2)7-6-8-19-9-11-20(12-10-19)23(29)16-22-25-21(13-14-28(22,3)4)15-24-26(27(25)30-5)32-17-31-24/h7,9,15,20,22H,6,8,10-14,16-17H2,1-5H3/q+1/t20-,22-/m0/s1. The summed E-state index contributed by atoms with van der Waals surface area (Å²) in [6, 6.07) is 2.16. The molecule has 0 aromatic heterocycles. The van der Waals surface area contributed by atoms with Gasteiger partial charge in [-0.3, -0.25) is 4.79 Å². The zero-order chi connectivity index (χ0) is 22.9. The van der Waals surface area contributed by atoms with Crippen molar-refractivity contribution in [3.05, 3.63) is 40.5 Å². The van der Waals surface area contributed by atoms with E-state index >= 15 is 0 Å². The van der Waals surface area contributed by atoms with Gasteiger partial charge in [-0.15, -0.1) is 0 Å². The lowest BCUT2D eigenvalue weighted by atomic mass is 9.80. The first-order valence-corrected chi connectivity index (χ1v) is 12.0. The Bertz CT molecular complexity index is 939. The molecule has 0 saturated carbocycles. The van der Waals surface area contributed by atoms with Crippen LogP contribution in [-0.2, 0) is 11.2 Å². The van der Waals surface area contributed by atoms with Gasteiger partial charge >= 0.3 is 0 Å². The smallest absolute Gasteiger partial charge is 0.231 e. The minimum Gasteiger partial charge on any atom is -0.492 e. The van der Waals surface area contributed by atoms with Crippen LogP contribution in [0, 0.1) is 5.92 Å². The third kappa shape index (κ3) is 4.59. The molecule has 32 heavy (non-hydrogen) atoms. The largest absolute Gasteiger partial charge is 0.492 e. The summed E-state index contributed by atoms with van der Waals surface area (Å²) in [6.07, 6.45) is 11.3. The highest BCUT2D eigenvalue weighted by Crippen LogP contribution is 2.51. The molecule has 5 heteroatoms. The topological polar surface area (TPSA) is 44.8 Å². The van der Waals surface area contributed by atoms with Gasteiger partial charge in [-0.2, -0.15) is 0 Å². The summed E-state index contributed by atoms with van der Waals surface area (Å²) >= 11 is 0. The molecule has 0 spiro atoms. The van der Waals surface area contributed by atoms with Crippen LogP contribution in [0.15, 0.2) is 29.4 Å². The van der Waals surface area contributed by atoms with E-state index in [1.807, 2.05) is 0 Å². The van der Waals surface area contributed by atoms with Crippen molar-refractivity contribution < 1.29 is 23.5 Å². The first-order chi connectivity index (χ1) is 15.3. The summed E-state index contributed by atoms with van der Waals surface area (Å²) in [5.41, 5.74) is 5.25. The normalized spacial score (nSPS) is 23.2. The molecule has 0 N–H and O–H groups in total. The SMILES string of the molecule is COc1c2c(cc3c1[C@H](CC(=O)[C@H]1CC=C(CCC=C(C)C)CC1)[N+](C)(C)CC3)OCO2. The van der Waals surface area contributed by atoms with E-state index in [9.17, 15) is 4.79 Å². The zero-order valence-electron chi connectivity index (χ0n) is 20.3. The van der Waals surface area contributed by atoms with E-state index in [-0.39, 0.29) is 18.8 Å². The van der Waals surface area contributed by atoms with Crippen LogP contribution in [0.25, 0.3) is 0 Å². The predicted octanol–water partition coefficient (Wildman–Crippen LogP) is 5.53. The number of carbonyl (C=O) groups is 1. The molecule has 4 rings (SSSR count). The molecule has 2 atom stereocenters. The van der Waals surface area contributed by atoms with Gasteiger partial charge in [0.1, 0.15) is 11.8 Å². The van der Waals surface area contributed by atoms with Crippen molar-refractivity contribution in [3.63, 3.8) is 0 Å². The molecule has 2 aliphatic heterocycles. The number of ketones is 1. The molecule has 3 aliphatic rings. The first kappa shape index (κ1) is 22.9. The Morgan fingerprint density at radius 2 is 2.06 bits per heavy atom. The maximum absolute atomic E-state index is 13.5. The molecule has 0 radical (unpaired) electrons. The Morgan fingerprint density at radius 3 is 2.75 bits per heavy atom. The number of likely N-dealkylation sites (N-methyl/N-ethyl adjacent to an activating group) is 1. The third-order valence-corrected chi connectivity index (χ3v) is 7.46. The number of carbonyl (C=O) groups excluding carboxylic acids is 1. The van der Waals surface area contributed by atoms with Gasteiger partial charge in [0.05, 0.1) is 39.7 Å². The van der Waals surface area contributed by atoms with Crippen molar-refractivity contribution in [1.82, 2.24) is 0 Å². The molecule has 0 unspecified atom stereocenters. The van der Waals surface area contributed by atoms with Crippen LogP contribution in [0.2, 0.25) is 0 Å². The van der Waals surface area contributed by atoms with Gasteiger partial charge < -0.3 is 18.7 Å². The molecule has 0 bridgehead atoms. The summed E-state index contributed by atoms with van der Waals surface area (Å²) < 4.78 is 18.0. The summed E-state index contributed by atoms with van der Waals surface area (Å²) in [5.74, 6) is 2.72. The molecular weight excluding hydrogens is 402 g/mol. The van der Waals surface area contributed by atoms with Crippen LogP contribution < -0.4 is 14.2 Å². The molecule has 0 amide bonds. The fraction of sp³-hybridized carbons (Fsp3) is 0.593. The Labute approximate surface area is 192 Å². The maximum Gasteiger partial charge on any atom is 0.231 e. The minimum absolute atomic E-state index is 0.0683. The molecule has 0 fully saturated rings. The van der Waals surface area contributed by atoms with Gasteiger partial charge in [0.2, 0.25) is 12.5 Å². The molecule has 174 valence electrons. The lowest BCUT2D eigenvalue weighted by Crippen LogP contribution is -2.49. The number of benzene rings is 1. The predicted molar refractivity (Wildman–Crippen MR) is 126 cm³/mol. The molecule has 2 heterocycles. The third-order valence-electron chi connectivity index (χ3n) is 7.46. The average molecular weight is 441 g/mol. The van der Waals surface area contributed by atoms with E-state index in [4.69, 9.17) is 14.2 Å². The number of Topliss-reactive ketones (excluding diaryl/α,β-unsaturated/α-hetero) is 1. The number of methoxy groups -OCH3 is 1. The second-order valence-corrected chi connectivity index (χ2v) is 10.3. The number of hydrogen-bond donors (Lipinski definition) is 0. The molecule has 0 saturated heterocycles. The van der Waals surface area contributed by atoms with E-state index in [0.717, 1.165) is 66.6 Å². The van der Waals surface area contributed by atoms with Crippen LogP contribution in [0.4, 0.5) is 0 Å². The van der Waals surface area contributed by atoms with Crippen LogP contribution in [0.1, 0.15) is 69.5 Å². The second kappa shape index (κ2) is 9.30. The number of ether oxygens (including phenoxy) is 3. The Kier molecular flexibility index (Phi) is 6.66. The highest BCUT2D eigenvalue weighted by atomic mass is 16.7. The monoisotopic (exact) mass is 440 g/mol. The van der Waals surface area contributed by atoms with Crippen molar-refractivity contribution >= 4 is 5.78 Å². The number of fused-ring (bicyclic) bond motifs is 2. The minimum atomic E-state index is 0.0683. The van der Waals surface area contributed by atoms with Gasteiger partial charge in [-0.1, -0.05) is 23.3 Å². The quantitative estimate of drug-likeness (QED) is 0.413. The number of rotatable bonds is 7. The first-order valence-electron chi connectivity index (χ1n) is 12.0. The van der Waals surface area contributed by atoms with E-state index < -0.39 is 0 Å². The lowest BCUT2D eigenvalue weighted by molar-refractivity contribution is -0.922. The summed E-state index contributed by atoms with van der Waals surface area (Å²) in [4.78, 5) is 13.5. The number of quaternary nitrogens is 1. The van der Waals surface area contributed by atoms with Gasteiger partial charge in [0.25, 0.3) is 0 Å². The van der Waals surface area contributed by atoms with Gasteiger partial charge in [-0.05, 0) is 57.6 Å². The number of hydrogen-bond acceptors (Lipinski definition) is 4. The zero-order valence-corrected chi connectivity index (χ0v) is 20.3. The van der Waals surface area contributed by atoms with Gasteiger partial charge in [0, 0.05) is 12.3 Å². The Balaban J connectivity index is 1.52. The van der Waals surface area contributed by atoms with Gasteiger partial charge in [-0.25, -0.2) is 0 Å². The van der Waals surface area contributed by atoms with Crippen LogP contribution in [-0.4, -0.2) is 44.8 Å². The van der Waals surface area contributed by atoms with E-state index in [1.54, 1.807) is 7.11 Å². The van der Waals surface area contributed by atoms with Crippen molar-refractivity contribution in [3.8, 4) is 17.2 Å². The fourth-order valence-corrected chi connectivity index (χ4v) is 5.43. The molecule has 1 aromatic rings. The van der Waals surface area contributed by atoms with Crippen LogP contribution in [0.5, 0.6) is 17.2 Å². The van der Waals surface area contributed by atoms with Crippen molar-refractivity contribution in [2.75, 3.05) is 34.5 Å². The Morgan fingerprint density at radius 1 is 1.25 bits per heavy atom. The lowest BCUT2D eigenvalue weighted by Gasteiger charge is -2.43. The number of allylic oxidation sites excluding steroid dienone is 4. The highest BCUT2D eigenvalue weighted by Gasteiger charge is 2.43. The summed E-state index contributed by atoms with van der Waals surface area (Å²) in [7, 11) is 6.15. The van der Waals surface area contributed by atoms with Crippen molar-refractivity contribution in [2.45, 2.75) is 64.8 Å². The molecule has 1 aliphatic carbocycles. The molecular formula is C27H38NO4+. The molecule has 5 nitrogen and oxygen atoms in total. The van der Waals surface area contributed by atoms with Crippen LogP contribution >= 0.6 is 0 Å². The Hall–Kier alpha value is -2.27. The summed E-state index contributed by atoms with van der Waals surface area (Å²) in [6.45, 7) is 5.51. The van der Waals surface area contributed by atoms with E-state index in [0.29, 0.717) is 18.0 Å². The van der Waals surface area contributed by atoms with Crippen molar-refractivity contribution in [1.29, 1.82) is 0 Å². The van der Waals surface area contributed by atoms with Crippen LogP contribution in [0.3, 0.4) is 0 Å². The molecule has 1 aromatic carbocycles. The average Bonchev–Trinajstić information content (AvgIpc) is 3.22. The van der Waals surface area contributed by atoms with Gasteiger partial charge in [0.15, 0.2) is 11.5 Å². The van der Waals surface area contributed by atoms with E-state index in [1.165, 1.54) is 16.7 Å². The maximum atomic E-state index is 13.5. The van der Waals surface area contributed by atoms with E-state index in [2.05, 4.69) is 46.2 Å². The van der Waals surface area contributed by atoms with Crippen molar-refractivity contribution in [2.24, 2.45) is 5.92 Å². The highest BCUT2D eigenvalue weighted by molar-refractivity contribution is 5.82. The second-order valence-electron chi connectivity index (χ2n) is 10.3. The summed E-state index contributed by atoms with van der Waals surface area (Å²) in [5, 5.41) is 0.